The van der Waals surface area contributed by atoms with Crippen molar-refractivity contribution in [3.05, 3.63) is 47.7 Å². The Morgan fingerprint density at radius 1 is 0.895 bits per heavy atom. The third-order valence-electron chi connectivity index (χ3n) is 4.20. The molecule has 0 unspecified atom stereocenters. The fourth-order valence-corrected chi connectivity index (χ4v) is 3.19. The number of pyridine rings is 1. The molecule has 2 nitrogen and oxygen atoms in total. The molecule has 0 atom stereocenters. The molecule has 0 amide bonds. The van der Waals surface area contributed by atoms with Gasteiger partial charge in [-0.25, -0.2) is 0 Å². The number of aryl methyl sites for hydroxylation is 1. The first-order valence-electron chi connectivity index (χ1n) is 6.93. The number of nitrogens with zero attached hydrogens (tertiary/aromatic N) is 1. The van der Waals surface area contributed by atoms with Crippen LogP contribution in [0.5, 0.6) is 0 Å². The van der Waals surface area contributed by atoms with Crippen molar-refractivity contribution in [1.29, 1.82) is 0 Å². The number of nitrogen functional groups attached to an aromatic ring is 1. The predicted molar refractivity (Wildman–Crippen MR) is 80.3 cm³/mol. The smallest absolute Gasteiger partial charge is 0.0804 e. The molecule has 0 saturated heterocycles. The van der Waals surface area contributed by atoms with E-state index < -0.39 is 0 Å². The lowest BCUT2D eigenvalue weighted by Crippen LogP contribution is -2.09. The molecule has 0 aliphatic heterocycles. The van der Waals surface area contributed by atoms with Gasteiger partial charge in [-0.05, 0) is 36.6 Å². The van der Waals surface area contributed by atoms with Gasteiger partial charge in [-0.2, -0.15) is 0 Å². The Hall–Kier alpha value is -2.09. The Bertz CT molecular complexity index is 790. The van der Waals surface area contributed by atoms with Crippen molar-refractivity contribution in [3.63, 3.8) is 0 Å². The zero-order chi connectivity index (χ0) is 12.8. The van der Waals surface area contributed by atoms with Crippen molar-refractivity contribution in [1.82, 2.24) is 4.98 Å². The van der Waals surface area contributed by atoms with Crippen molar-refractivity contribution in [2.75, 3.05) is 5.73 Å². The summed E-state index contributed by atoms with van der Waals surface area (Å²) in [6, 6.07) is 12.7. The molecule has 1 aliphatic rings. The van der Waals surface area contributed by atoms with Gasteiger partial charge in [-0.15, -0.1) is 0 Å². The maximum atomic E-state index is 6.39. The topological polar surface area (TPSA) is 38.9 Å². The SMILES string of the molecule is Nc1c2c(nc3c1ccc1ccccc13)CCCC2. The van der Waals surface area contributed by atoms with Gasteiger partial charge in [0.05, 0.1) is 5.52 Å². The summed E-state index contributed by atoms with van der Waals surface area (Å²) in [5.41, 5.74) is 10.9. The first-order valence-corrected chi connectivity index (χ1v) is 6.93. The minimum atomic E-state index is 0.949. The Labute approximate surface area is 112 Å². The van der Waals surface area contributed by atoms with Gasteiger partial charge >= 0.3 is 0 Å². The second-order valence-corrected chi connectivity index (χ2v) is 5.34. The molecule has 19 heavy (non-hydrogen) atoms. The molecule has 2 aromatic carbocycles. The monoisotopic (exact) mass is 248 g/mol. The summed E-state index contributed by atoms with van der Waals surface area (Å²) in [6.45, 7) is 0. The molecule has 2 N–H and O–H groups in total. The lowest BCUT2D eigenvalue weighted by atomic mass is 9.92. The molecule has 94 valence electrons. The quantitative estimate of drug-likeness (QED) is 0.614. The van der Waals surface area contributed by atoms with Crippen LogP contribution in [-0.2, 0) is 12.8 Å². The summed E-state index contributed by atoms with van der Waals surface area (Å²) in [5.74, 6) is 0. The van der Waals surface area contributed by atoms with Crippen LogP contribution in [0.2, 0.25) is 0 Å². The van der Waals surface area contributed by atoms with Crippen LogP contribution in [0.1, 0.15) is 24.1 Å². The first kappa shape index (κ1) is 10.8. The van der Waals surface area contributed by atoms with E-state index in [9.17, 15) is 0 Å². The third kappa shape index (κ3) is 1.53. The van der Waals surface area contributed by atoms with E-state index in [0.29, 0.717) is 0 Å². The van der Waals surface area contributed by atoms with Crippen LogP contribution < -0.4 is 5.73 Å². The molecule has 0 bridgehead atoms. The van der Waals surface area contributed by atoms with Gasteiger partial charge in [0, 0.05) is 22.2 Å². The van der Waals surface area contributed by atoms with Crippen LogP contribution >= 0.6 is 0 Å². The van der Waals surface area contributed by atoms with Crippen LogP contribution in [0.3, 0.4) is 0 Å². The molecule has 0 saturated carbocycles. The van der Waals surface area contributed by atoms with E-state index in [4.69, 9.17) is 10.7 Å². The first-order chi connectivity index (χ1) is 9.34. The molecular formula is C17H16N2. The Balaban J connectivity index is 2.17. The number of hydrogen-bond donors (Lipinski definition) is 1. The fraction of sp³-hybridized carbons (Fsp3) is 0.235. The highest BCUT2D eigenvalue weighted by atomic mass is 14.7. The number of hydrogen-bond acceptors (Lipinski definition) is 2. The van der Waals surface area contributed by atoms with Crippen LogP contribution in [0.25, 0.3) is 21.7 Å². The molecule has 2 heteroatoms. The van der Waals surface area contributed by atoms with Gasteiger partial charge in [0.15, 0.2) is 0 Å². The van der Waals surface area contributed by atoms with Crippen molar-refractivity contribution in [2.24, 2.45) is 0 Å². The molecule has 0 radical (unpaired) electrons. The maximum absolute atomic E-state index is 6.39. The molecule has 4 rings (SSSR count). The fourth-order valence-electron chi connectivity index (χ4n) is 3.19. The van der Waals surface area contributed by atoms with E-state index in [2.05, 4.69) is 36.4 Å². The van der Waals surface area contributed by atoms with E-state index in [1.54, 1.807) is 0 Å². The highest BCUT2D eigenvalue weighted by Gasteiger charge is 2.17. The molecular weight excluding hydrogens is 232 g/mol. The lowest BCUT2D eigenvalue weighted by molar-refractivity contribution is 0.673. The van der Waals surface area contributed by atoms with Gasteiger partial charge in [0.25, 0.3) is 0 Å². The van der Waals surface area contributed by atoms with E-state index in [1.165, 1.54) is 34.9 Å². The van der Waals surface area contributed by atoms with Crippen LogP contribution in [0, 0.1) is 0 Å². The molecule has 1 aliphatic carbocycles. The van der Waals surface area contributed by atoms with Crippen LogP contribution in [0.15, 0.2) is 36.4 Å². The number of anilines is 1. The Morgan fingerprint density at radius 2 is 1.74 bits per heavy atom. The molecule has 1 aromatic heterocycles. The molecule has 0 fully saturated rings. The van der Waals surface area contributed by atoms with Gasteiger partial charge in [0.1, 0.15) is 0 Å². The number of nitrogens with two attached hydrogens (primary N) is 1. The number of aromatic nitrogens is 1. The van der Waals surface area contributed by atoms with Crippen molar-refractivity contribution < 1.29 is 0 Å². The Morgan fingerprint density at radius 3 is 2.68 bits per heavy atom. The van der Waals surface area contributed by atoms with E-state index in [-0.39, 0.29) is 0 Å². The zero-order valence-electron chi connectivity index (χ0n) is 10.8. The Kier molecular flexibility index (Phi) is 2.25. The van der Waals surface area contributed by atoms with Gasteiger partial charge in [-0.3, -0.25) is 4.98 Å². The highest BCUT2D eigenvalue weighted by Crippen LogP contribution is 2.34. The second-order valence-electron chi connectivity index (χ2n) is 5.34. The number of benzene rings is 2. The van der Waals surface area contributed by atoms with Crippen molar-refractivity contribution in [3.8, 4) is 0 Å². The average Bonchev–Trinajstić information content (AvgIpc) is 2.47. The maximum Gasteiger partial charge on any atom is 0.0804 e. The normalized spacial score (nSPS) is 14.7. The second kappa shape index (κ2) is 3.95. The van der Waals surface area contributed by atoms with E-state index in [0.717, 1.165) is 29.4 Å². The van der Waals surface area contributed by atoms with Crippen molar-refractivity contribution >= 4 is 27.4 Å². The average molecular weight is 248 g/mol. The summed E-state index contributed by atoms with van der Waals surface area (Å²) in [5, 5.41) is 3.55. The lowest BCUT2D eigenvalue weighted by Gasteiger charge is -2.19. The summed E-state index contributed by atoms with van der Waals surface area (Å²) >= 11 is 0. The summed E-state index contributed by atoms with van der Waals surface area (Å²) in [4.78, 5) is 4.92. The van der Waals surface area contributed by atoms with Crippen molar-refractivity contribution in [2.45, 2.75) is 25.7 Å². The largest absolute Gasteiger partial charge is 0.398 e. The summed E-state index contributed by atoms with van der Waals surface area (Å²) < 4.78 is 0. The number of fused-ring (bicyclic) bond motifs is 4. The summed E-state index contributed by atoms with van der Waals surface area (Å²) in [7, 11) is 0. The molecule has 0 spiro atoms. The van der Waals surface area contributed by atoms with E-state index >= 15 is 0 Å². The minimum absolute atomic E-state index is 0.949. The standard InChI is InChI=1S/C17H16N2/c18-16-13-7-3-4-8-15(13)19-17-12-6-2-1-5-11(12)9-10-14(16)17/h1-2,5-6,9-10H,3-4,7-8H2,(H2,18,19). The molecule has 1 heterocycles. The number of rotatable bonds is 0. The van der Waals surface area contributed by atoms with Gasteiger partial charge in [0.2, 0.25) is 0 Å². The van der Waals surface area contributed by atoms with Gasteiger partial charge in [-0.1, -0.05) is 36.4 Å². The third-order valence-corrected chi connectivity index (χ3v) is 4.20. The van der Waals surface area contributed by atoms with Crippen LogP contribution in [0.4, 0.5) is 5.69 Å². The minimum Gasteiger partial charge on any atom is -0.398 e. The van der Waals surface area contributed by atoms with E-state index in [1.807, 2.05) is 0 Å². The van der Waals surface area contributed by atoms with Gasteiger partial charge < -0.3 is 5.73 Å². The predicted octanol–water partition coefficient (Wildman–Crippen LogP) is 3.85. The van der Waals surface area contributed by atoms with Crippen LogP contribution in [-0.4, -0.2) is 4.98 Å². The molecule has 3 aromatic rings. The summed E-state index contributed by atoms with van der Waals surface area (Å²) in [6.07, 6.45) is 4.61. The zero-order valence-corrected chi connectivity index (χ0v) is 10.8. The highest BCUT2D eigenvalue weighted by molar-refractivity contribution is 6.09.